The summed E-state index contributed by atoms with van der Waals surface area (Å²) in [5, 5.41) is 7.52. The molecule has 0 spiro atoms. The van der Waals surface area contributed by atoms with Crippen molar-refractivity contribution in [1.29, 1.82) is 0 Å². The SMILES string of the molecule is COCCNCc1ncn(Cc2cccc(Cl)c2F)n1. The fourth-order valence-electron chi connectivity index (χ4n) is 1.71. The van der Waals surface area contributed by atoms with Gasteiger partial charge in [0.25, 0.3) is 0 Å². The summed E-state index contributed by atoms with van der Waals surface area (Å²) in [5.74, 6) is 0.243. The van der Waals surface area contributed by atoms with Crippen LogP contribution >= 0.6 is 11.6 Å². The molecule has 0 aliphatic heterocycles. The Labute approximate surface area is 121 Å². The third-order valence-electron chi connectivity index (χ3n) is 2.71. The molecule has 7 heteroatoms. The third-order valence-corrected chi connectivity index (χ3v) is 3.01. The van der Waals surface area contributed by atoms with E-state index in [4.69, 9.17) is 16.3 Å². The number of halogens is 2. The Morgan fingerprint density at radius 1 is 1.45 bits per heavy atom. The van der Waals surface area contributed by atoms with Gasteiger partial charge in [0.05, 0.1) is 24.7 Å². The molecule has 0 saturated heterocycles. The summed E-state index contributed by atoms with van der Waals surface area (Å²) in [7, 11) is 1.65. The number of rotatable bonds is 7. The van der Waals surface area contributed by atoms with Crippen LogP contribution in [0.2, 0.25) is 5.02 Å². The zero-order valence-electron chi connectivity index (χ0n) is 11.1. The number of hydrogen-bond acceptors (Lipinski definition) is 4. The molecule has 0 bridgehead atoms. The number of aromatic nitrogens is 3. The van der Waals surface area contributed by atoms with Gasteiger partial charge in [0.15, 0.2) is 5.82 Å². The molecule has 0 fully saturated rings. The van der Waals surface area contributed by atoms with Gasteiger partial charge in [0, 0.05) is 19.2 Å². The van der Waals surface area contributed by atoms with Gasteiger partial charge in [-0.15, -0.1) is 0 Å². The quantitative estimate of drug-likeness (QED) is 0.793. The molecule has 1 aromatic carbocycles. The maximum absolute atomic E-state index is 13.8. The van der Waals surface area contributed by atoms with Gasteiger partial charge >= 0.3 is 0 Å². The molecule has 0 amide bonds. The highest BCUT2D eigenvalue weighted by atomic mass is 35.5. The van der Waals surface area contributed by atoms with Crippen molar-refractivity contribution in [1.82, 2.24) is 20.1 Å². The highest BCUT2D eigenvalue weighted by Gasteiger charge is 2.08. The van der Waals surface area contributed by atoms with Gasteiger partial charge in [-0.3, -0.25) is 0 Å². The lowest BCUT2D eigenvalue weighted by Gasteiger charge is -2.04. The van der Waals surface area contributed by atoms with Crippen LogP contribution in [0.5, 0.6) is 0 Å². The summed E-state index contributed by atoms with van der Waals surface area (Å²) in [5.41, 5.74) is 0.487. The largest absolute Gasteiger partial charge is 0.383 e. The first kappa shape index (κ1) is 14.9. The smallest absolute Gasteiger partial charge is 0.164 e. The molecule has 1 N–H and O–H groups in total. The number of benzene rings is 1. The Bertz CT molecular complexity index is 561. The fraction of sp³-hybridized carbons (Fsp3) is 0.385. The van der Waals surface area contributed by atoms with Crippen LogP contribution in [0.25, 0.3) is 0 Å². The van der Waals surface area contributed by atoms with E-state index >= 15 is 0 Å². The predicted octanol–water partition coefficient (Wildman–Crippen LogP) is 1.85. The van der Waals surface area contributed by atoms with Crippen LogP contribution in [0.3, 0.4) is 0 Å². The molecular formula is C13H16ClFN4O. The first-order valence-electron chi connectivity index (χ1n) is 6.21. The molecule has 0 aliphatic rings. The summed E-state index contributed by atoms with van der Waals surface area (Å²) < 4.78 is 20.3. The molecular weight excluding hydrogens is 283 g/mol. The Balaban J connectivity index is 1.94. The van der Waals surface area contributed by atoms with E-state index in [9.17, 15) is 4.39 Å². The summed E-state index contributed by atoms with van der Waals surface area (Å²) in [6.45, 7) is 2.22. The van der Waals surface area contributed by atoms with Gasteiger partial charge < -0.3 is 10.1 Å². The maximum Gasteiger partial charge on any atom is 0.164 e. The minimum atomic E-state index is -0.413. The molecule has 5 nitrogen and oxygen atoms in total. The van der Waals surface area contributed by atoms with Crippen molar-refractivity contribution >= 4 is 11.6 Å². The van der Waals surface area contributed by atoms with Crippen LogP contribution in [0.4, 0.5) is 4.39 Å². The summed E-state index contributed by atoms with van der Waals surface area (Å²) in [6.07, 6.45) is 1.58. The number of ether oxygens (including phenoxy) is 1. The molecule has 0 saturated carbocycles. The molecule has 0 aliphatic carbocycles. The topological polar surface area (TPSA) is 52.0 Å². The van der Waals surface area contributed by atoms with Crippen molar-refractivity contribution in [3.8, 4) is 0 Å². The van der Waals surface area contributed by atoms with E-state index in [0.29, 0.717) is 31.1 Å². The van der Waals surface area contributed by atoms with E-state index in [-0.39, 0.29) is 5.02 Å². The lowest BCUT2D eigenvalue weighted by molar-refractivity contribution is 0.199. The van der Waals surface area contributed by atoms with Crippen molar-refractivity contribution in [2.45, 2.75) is 13.1 Å². The average molecular weight is 299 g/mol. The standard InChI is InChI=1S/C13H16ClFN4O/c1-20-6-5-16-7-12-17-9-19(18-12)8-10-3-2-4-11(14)13(10)15/h2-4,9,16H,5-8H2,1H3. The summed E-state index contributed by atoms with van der Waals surface area (Å²) in [6, 6.07) is 4.91. The molecule has 0 atom stereocenters. The van der Waals surface area contributed by atoms with Crippen LogP contribution in [-0.4, -0.2) is 35.0 Å². The fourth-order valence-corrected chi connectivity index (χ4v) is 1.90. The van der Waals surface area contributed by atoms with Crippen LogP contribution in [0.1, 0.15) is 11.4 Å². The second-order valence-corrected chi connectivity index (χ2v) is 4.65. The lowest BCUT2D eigenvalue weighted by Crippen LogP contribution is -2.19. The molecule has 0 radical (unpaired) electrons. The number of nitrogens with zero attached hydrogens (tertiary/aromatic N) is 3. The van der Waals surface area contributed by atoms with Crippen LogP contribution < -0.4 is 5.32 Å². The van der Waals surface area contributed by atoms with Gasteiger partial charge in [-0.25, -0.2) is 14.1 Å². The number of methoxy groups -OCH3 is 1. The maximum atomic E-state index is 13.8. The Hall–Kier alpha value is -1.50. The second kappa shape index (κ2) is 7.33. The normalized spacial score (nSPS) is 10.9. The third kappa shape index (κ3) is 4.00. The lowest BCUT2D eigenvalue weighted by atomic mass is 10.2. The molecule has 1 heterocycles. The van der Waals surface area contributed by atoms with E-state index in [1.807, 2.05) is 0 Å². The van der Waals surface area contributed by atoms with E-state index in [1.165, 1.54) is 6.07 Å². The molecule has 1 aromatic heterocycles. The van der Waals surface area contributed by atoms with E-state index in [2.05, 4.69) is 15.4 Å². The van der Waals surface area contributed by atoms with Gasteiger partial charge in [0.2, 0.25) is 0 Å². The van der Waals surface area contributed by atoms with Gasteiger partial charge in [-0.05, 0) is 6.07 Å². The van der Waals surface area contributed by atoms with Crippen LogP contribution in [0, 0.1) is 5.82 Å². The molecule has 108 valence electrons. The summed E-state index contributed by atoms with van der Waals surface area (Å²) in [4.78, 5) is 4.16. The first-order chi connectivity index (χ1) is 9.70. The van der Waals surface area contributed by atoms with Crippen LogP contribution in [-0.2, 0) is 17.8 Å². The Morgan fingerprint density at radius 3 is 3.10 bits per heavy atom. The van der Waals surface area contributed by atoms with E-state index in [0.717, 1.165) is 6.54 Å². The van der Waals surface area contributed by atoms with Gasteiger partial charge in [0.1, 0.15) is 12.1 Å². The number of nitrogens with one attached hydrogen (secondary N) is 1. The van der Waals surface area contributed by atoms with Gasteiger partial charge in [-0.1, -0.05) is 23.7 Å². The average Bonchev–Trinajstić information content (AvgIpc) is 2.88. The minimum absolute atomic E-state index is 0.115. The minimum Gasteiger partial charge on any atom is -0.383 e. The van der Waals surface area contributed by atoms with Gasteiger partial charge in [-0.2, -0.15) is 5.10 Å². The van der Waals surface area contributed by atoms with E-state index < -0.39 is 5.82 Å². The van der Waals surface area contributed by atoms with Crippen molar-refractivity contribution in [3.63, 3.8) is 0 Å². The first-order valence-corrected chi connectivity index (χ1v) is 6.59. The van der Waals surface area contributed by atoms with Crippen molar-refractivity contribution in [2.24, 2.45) is 0 Å². The Kier molecular flexibility index (Phi) is 5.46. The zero-order chi connectivity index (χ0) is 14.4. The van der Waals surface area contributed by atoms with Crippen molar-refractivity contribution in [2.75, 3.05) is 20.3 Å². The highest BCUT2D eigenvalue weighted by Crippen LogP contribution is 2.18. The van der Waals surface area contributed by atoms with Crippen molar-refractivity contribution in [3.05, 3.63) is 46.8 Å². The molecule has 20 heavy (non-hydrogen) atoms. The number of hydrogen-bond donors (Lipinski definition) is 1. The molecule has 2 rings (SSSR count). The molecule has 2 aromatic rings. The zero-order valence-corrected chi connectivity index (χ0v) is 11.9. The predicted molar refractivity (Wildman–Crippen MR) is 74.1 cm³/mol. The summed E-state index contributed by atoms with van der Waals surface area (Å²) >= 11 is 5.74. The van der Waals surface area contributed by atoms with Crippen molar-refractivity contribution < 1.29 is 9.13 Å². The monoisotopic (exact) mass is 298 g/mol. The molecule has 0 unspecified atom stereocenters. The highest BCUT2D eigenvalue weighted by molar-refractivity contribution is 6.30. The second-order valence-electron chi connectivity index (χ2n) is 4.24. The Morgan fingerprint density at radius 2 is 2.30 bits per heavy atom. The van der Waals surface area contributed by atoms with Crippen LogP contribution in [0.15, 0.2) is 24.5 Å². The van der Waals surface area contributed by atoms with E-state index in [1.54, 1.807) is 30.3 Å².